The Morgan fingerprint density at radius 1 is 0.841 bits per heavy atom. The Labute approximate surface area is 368 Å². The number of imide groups is 2. The monoisotopic (exact) mass is 893 g/mol. The van der Waals surface area contributed by atoms with Gasteiger partial charge in [-0.1, -0.05) is 65.2 Å². The number of benzene rings is 4. The lowest BCUT2D eigenvalue weighted by Crippen LogP contribution is -2.53. The molecule has 6 atom stereocenters. The zero-order valence-corrected chi connectivity index (χ0v) is 34.9. The average molecular weight is 895 g/mol. The zero-order valence-electron chi connectivity index (χ0n) is 33.4. The van der Waals surface area contributed by atoms with Crippen LogP contribution in [0.15, 0.2) is 131 Å². The largest absolute Gasteiger partial charge is 0.508 e. The van der Waals surface area contributed by atoms with Gasteiger partial charge in [-0.15, -0.1) is 0 Å². The van der Waals surface area contributed by atoms with Gasteiger partial charge >= 0.3 is 6.18 Å². The highest BCUT2D eigenvalue weighted by Gasteiger charge is 2.70. The molecule has 2 N–H and O–H groups in total. The number of hydrogen-bond acceptors (Lipinski definition) is 10. The first kappa shape index (κ1) is 41.8. The van der Waals surface area contributed by atoms with Crippen LogP contribution in [0, 0.1) is 23.7 Å². The minimum absolute atomic E-state index is 0.0850. The summed E-state index contributed by atoms with van der Waals surface area (Å²) in [6, 6.07) is 27.4. The molecule has 4 aromatic carbocycles. The number of azo groups is 1. The zero-order chi connectivity index (χ0) is 44.5. The summed E-state index contributed by atoms with van der Waals surface area (Å²) in [5.41, 5.74) is 3.35. The number of anilines is 3. The third-order valence-electron chi connectivity index (χ3n) is 12.6. The Bertz CT molecular complexity index is 2750. The van der Waals surface area contributed by atoms with E-state index in [9.17, 15) is 32.7 Å². The maximum absolute atomic E-state index is 15.3. The van der Waals surface area contributed by atoms with Crippen LogP contribution in [0.25, 0.3) is 0 Å². The lowest BCUT2D eigenvalue weighted by Gasteiger charge is -2.50. The van der Waals surface area contributed by atoms with Crippen molar-refractivity contribution in [2.45, 2.75) is 30.4 Å². The van der Waals surface area contributed by atoms with Crippen molar-refractivity contribution in [3.8, 4) is 5.75 Å². The van der Waals surface area contributed by atoms with Crippen molar-refractivity contribution < 1.29 is 37.5 Å². The van der Waals surface area contributed by atoms with Gasteiger partial charge in [0.05, 0.1) is 50.8 Å². The molecular weight excluding hydrogens is 858 g/mol. The van der Waals surface area contributed by atoms with Crippen LogP contribution in [0.4, 0.5) is 41.7 Å². The van der Waals surface area contributed by atoms with Gasteiger partial charge in [0.25, 0.3) is 11.8 Å². The molecule has 2 aliphatic carbocycles. The quantitative estimate of drug-likeness (QED) is 0.0889. The van der Waals surface area contributed by atoms with Gasteiger partial charge in [0, 0.05) is 42.5 Å². The fourth-order valence-corrected chi connectivity index (χ4v) is 10.0. The topological polar surface area (TPSA) is 148 Å². The Hall–Kier alpha value is -6.58. The number of aromatic nitrogens is 1. The highest BCUT2D eigenvalue weighted by molar-refractivity contribution is 6.33. The number of amides is 4. The molecule has 2 saturated heterocycles. The number of hydrogen-bond donors (Lipinski definition) is 2. The summed E-state index contributed by atoms with van der Waals surface area (Å²) in [7, 11) is 3.87. The second kappa shape index (κ2) is 15.6. The molecule has 9 rings (SSSR count). The number of nitrogens with one attached hydrogen (secondary N) is 1. The number of phenols is 1. The fourth-order valence-electron chi connectivity index (χ4n) is 9.71. The lowest BCUT2D eigenvalue weighted by atomic mass is 9.49. The fraction of sp³-hybridized carbons (Fsp3) is 0.239. The number of rotatable bonds is 8. The molecule has 3 fully saturated rings. The van der Waals surface area contributed by atoms with E-state index in [1.165, 1.54) is 6.07 Å². The standard InChI is InChI=1S/C46H36Cl2F3N7O5/c1-56(2)29-15-11-27(12-16-29)53-54-28-13-17-30(18-14-28)57-41(60)33-20-19-31-34(38(33)43(57)62)22-35-42(61)58(55-40-36(48)21-25(23-52-40)46(49,50)51)44(63)45(35,24-7-9-26(47)10-8-24)39(31)32-5-3-4-6-37(32)59/h3-19,21,23,33-35,38-39,59H,20,22H2,1-2H3,(H,52,55)/t33-,34+,35-,38-,39+,45+/m0/s1. The van der Waals surface area contributed by atoms with Gasteiger partial charge in [-0.2, -0.15) is 28.4 Å². The van der Waals surface area contributed by atoms with Crippen LogP contribution in [0.3, 0.4) is 0 Å². The second-order valence-electron chi connectivity index (χ2n) is 16.1. The number of hydrazine groups is 1. The lowest BCUT2D eigenvalue weighted by molar-refractivity contribution is -0.139. The number of allylic oxidation sites excluding steroid dienone is 2. The minimum atomic E-state index is -4.77. The summed E-state index contributed by atoms with van der Waals surface area (Å²) >= 11 is 12.6. The van der Waals surface area contributed by atoms with Crippen LogP contribution >= 0.6 is 23.2 Å². The van der Waals surface area contributed by atoms with Crippen molar-refractivity contribution in [3.05, 3.63) is 148 Å². The molecule has 0 unspecified atom stereocenters. The maximum Gasteiger partial charge on any atom is 0.417 e. The van der Waals surface area contributed by atoms with Gasteiger partial charge in [-0.25, -0.2) is 4.98 Å². The van der Waals surface area contributed by atoms with Crippen molar-refractivity contribution in [1.82, 2.24) is 9.99 Å². The number of fused-ring (bicyclic) bond motifs is 4. The molecule has 0 radical (unpaired) electrons. The number of halogens is 5. The molecule has 4 aliphatic rings. The SMILES string of the molecule is CN(C)c1ccc(N=Nc2ccc(N3C(=O)[C@H]4[C@H](CC=C5[C@H]4C[C@H]4C(=O)N(Nc6ncc(C(F)(F)F)cc6Cl)C(=O)[C@@]4(c4ccc(Cl)cc4)[C@H]5c4ccccc4O)C3=O)cc2)cc1. The van der Waals surface area contributed by atoms with Gasteiger partial charge < -0.3 is 10.0 Å². The van der Waals surface area contributed by atoms with E-state index in [1.54, 1.807) is 66.7 Å². The molecule has 12 nitrogen and oxygen atoms in total. The molecular formula is C46H36Cl2F3N7O5. The van der Waals surface area contributed by atoms with Crippen LogP contribution in [0.2, 0.25) is 10.0 Å². The summed E-state index contributed by atoms with van der Waals surface area (Å²) in [5, 5.41) is 20.7. The van der Waals surface area contributed by atoms with Crippen LogP contribution in [-0.2, 0) is 30.8 Å². The molecule has 17 heteroatoms. The summed E-state index contributed by atoms with van der Waals surface area (Å²) in [6.07, 6.45) is -2.36. The first-order valence-electron chi connectivity index (χ1n) is 19.9. The van der Waals surface area contributed by atoms with E-state index in [0.717, 1.165) is 10.6 Å². The maximum atomic E-state index is 15.3. The summed E-state index contributed by atoms with van der Waals surface area (Å²) in [6.45, 7) is 0. The third-order valence-corrected chi connectivity index (χ3v) is 13.1. The number of aromatic hydroxyl groups is 1. The van der Waals surface area contributed by atoms with E-state index in [4.69, 9.17) is 23.2 Å². The van der Waals surface area contributed by atoms with Gasteiger partial charge in [0.2, 0.25) is 11.8 Å². The Morgan fingerprint density at radius 2 is 1.49 bits per heavy atom. The van der Waals surface area contributed by atoms with Gasteiger partial charge in [-0.05, 0) is 97.1 Å². The number of para-hydroxylation sites is 1. The van der Waals surface area contributed by atoms with E-state index >= 15 is 4.79 Å². The Morgan fingerprint density at radius 3 is 2.11 bits per heavy atom. The first-order valence-corrected chi connectivity index (χ1v) is 20.6. The van der Waals surface area contributed by atoms with Crippen molar-refractivity contribution in [1.29, 1.82) is 0 Å². The predicted molar refractivity (Wildman–Crippen MR) is 229 cm³/mol. The first-order chi connectivity index (χ1) is 30.1. The highest BCUT2D eigenvalue weighted by atomic mass is 35.5. The molecule has 63 heavy (non-hydrogen) atoms. The molecule has 2 aliphatic heterocycles. The number of nitrogens with zero attached hydrogens (tertiary/aromatic N) is 6. The van der Waals surface area contributed by atoms with Gasteiger partial charge in [0.15, 0.2) is 5.82 Å². The minimum Gasteiger partial charge on any atom is -0.508 e. The van der Waals surface area contributed by atoms with Crippen molar-refractivity contribution >= 4 is 75.4 Å². The summed E-state index contributed by atoms with van der Waals surface area (Å²) in [4.78, 5) is 66.2. The van der Waals surface area contributed by atoms with Crippen molar-refractivity contribution in [2.24, 2.45) is 33.9 Å². The Kier molecular flexibility index (Phi) is 10.4. The predicted octanol–water partition coefficient (Wildman–Crippen LogP) is 9.78. The third kappa shape index (κ3) is 6.90. The van der Waals surface area contributed by atoms with E-state index < -0.39 is 75.4 Å². The van der Waals surface area contributed by atoms with E-state index in [-0.39, 0.29) is 30.0 Å². The second-order valence-corrected chi connectivity index (χ2v) is 17.0. The van der Waals surface area contributed by atoms with Crippen LogP contribution in [0.1, 0.15) is 35.4 Å². The van der Waals surface area contributed by atoms with E-state index in [0.29, 0.717) is 50.5 Å². The summed E-state index contributed by atoms with van der Waals surface area (Å²) < 4.78 is 40.6. The summed E-state index contributed by atoms with van der Waals surface area (Å²) in [5.74, 6) is -7.90. The molecule has 1 saturated carbocycles. The molecule has 3 heterocycles. The molecule has 5 aromatic rings. The normalized spacial score (nSPS) is 24.4. The molecule has 0 spiro atoms. The van der Waals surface area contributed by atoms with Gasteiger partial charge in [-0.3, -0.25) is 29.5 Å². The van der Waals surface area contributed by atoms with E-state index in [2.05, 4.69) is 20.6 Å². The van der Waals surface area contributed by atoms with Crippen molar-refractivity contribution in [2.75, 3.05) is 29.3 Å². The smallest absolute Gasteiger partial charge is 0.417 e. The van der Waals surface area contributed by atoms with Crippen molar-refractivity contribution in [3.63, 3.8) is 0 Å². The number of carbonyl (C=O) groups is 4. The van der Waals surface area contributed by atoms with E-state index in [1.807, 2.05) is 49.3 Å². The van der Waals surface area contributed by atoms with Crippen LogP contribution in [0.5, 0.6) is 5.75 Å². The van der Waals surface area contributed by atoms with Gasteiger partial charge in [0.1, 0.15) is 5.75 Å². The number of carbonyl (C=O) groups excluding carboxylic acids is 4. The highest BCUT2D eigenvalue weighted by Crippen LogP contribution is 2.65. The van der Waals surface area contributed by atoms with Crippen LogP contribution < -0.4 is 15.2 Å². The molecule has 320 valence electrons. The average Bonchev–Trinajstić information content (AvgIpc) is 3.64. The Balaban J connectivity index is 1.10. The molecule has 4 amide bonds. The number of pyridine rings is 1. The molecule has 1 aromatic heterocycles. The number of alkyl halides is 3. The van der Waals surface area contributed by atoms with Crippen LogP contribution in [-0.4, -0.2) is 52.8 Å². The molecule has 0 bridgehead atoms. The number of phenolic OH excluding ortho intramolecular Hbond substituents is 1.